The predicted molar refractivity (Wildman–Crippen MR) is 27.3 cm³/mol. The van der Waals surface area contributed by atoms with Gasteiger partial charge in [-0.25, -0.2) is 9.59 Å². The van der Waals surface area contributed by atoms with Gasteiger partial charge in [-0.3, -0.25) is 0 Å². The first kappa shape index (κ1) is 18.5. The molecule has 66 valence electrons. The summed E-state index contributed by atoms with van der Waals surface area (Å²) in [6.07, 6.45) is -4.53. The Morgan fingerprint density at radius 2 is 1.08 bits per heavy atom. The third-order valence-corrected chi connectivity index (χ3v) is 0.805. The van der Waals surface area contributed by atoms with E-state index in [1.807, 2.05) is 0 Å². The van der Waals surface area contributed by atoms with E-state index in [9.17, 15) is 9.59 Å². The summed E-state index contributed by atoms with van der Waals surface area (Å²) in [6, 6.07) is 0. The van der Waals surface area contributed by atoms with Gasteiger partial charge in [-0.1, -0.05) is 0 Å². The predicted octanol–water partition coefficient (Wildman–Crippen LogP) is -8.11. The van der Waals surface area contributed by atoms with Gasteiger partial charge in [0, 0.05) is 0 Å². The molecule has 0 aromatic carbocycles. The normalized spacial score (nSPS) is 13.2. The van der Waals surface area contributed by atoms with Gasteiger partial charge in [0.25, 0.3) is 0 Å². The second kappa shape index (κ2) is 8.39. The number of carbonyl (C=O) groups is 2. The van der Waals surface area contributed by atoms with Gasteiger partial charge in [0.15, 0.2) is 12.2 Å². The Kier molecular flexibility index (Phi) is 13.0. The van der Waals surface area contributed by atoms with E-state index in [-0.39, 0.29) is 63.8 Å². The summed E-state index contributed by atoms with van der Waals surface area (Å²) in [5, 5.41) is 32.5. The zero-order valence-electron chi connectivity index (χ0n) is 6.14. The number of hydrogen-bond acceptors (Lipinski definition) is 4. The van der Waals surface area contributed by atoms with Gasteiger partial charge < -0.3 is 32.8 Å². The van der Waals surface area contributed by atoms with Gasteiger partial charge in [0.1, 0.15) is 0 Å². The molecular weight excluding hydrogens is 219 g/mol. The van der Waals surface area contributed by atoms with E-state index in [0.717, 1.165) is 0 Å². The van der Waals surface area contributed by atoms with E-state index in [4.69, 9.17) is 20.4 Å². The van der Waals surface area contributed by atoms with Crippen molar-refractivity contribution in [2.24, 2.45) is 0 Å². The Balaban J connectivity index is -0.000000405. The van der Waals surface area contributed by atoms with Crippen LogP contribution in [0.4, 0.5) is 0 Å². The van der Waals surface area contributed by atoms with Crippen molar-refractivity contribution in [1.82, 2.24) is 0 Å². The van der Waals surface area contributed by atoms with Crippen molar-refractivity contribution in [1.29, 1.82) is 0 Å². The maximum Gasteiger partial charge on any atom is 1.00 e. The molecule has 0 aliphatic heterocycles. The molecule has 0 aliphatic rings. The van der Waals surface area contributed by atoms with E-state index >= 15 is 0 Å². The first-order chi connectivity index (χ1) is 4.46. The van der Waals surface area contributed by atoms with Crippen LogP contribution in [-0.4, -0.2) is 44.6 Å². The fourth-order valence-corrected chi connectivity index (χ4v) is 0.270. The second-order valence-corrected chi connectivity index (χ2v) is 1.57. The number of aliphatic hydroxyl groups excluding tert-OH is 2. The number of rotatable bonds is 3. The topological polar surface area (TPSA) is 115 Å². The van der Waals surface area contributed by atoms with E-state index in [0.29, 0.717) is 0 Å². The number of hydrogen-bond donors (Lipinski definition) is 4. The van der Waals surface area contributed by atoms with Crippen LogP contribution < -0.4 is 63.8 Å². The van der Waals surface area contributed by atoms with Crippen molar-refractivity contribution in [3.8, 4) is 0 Å². The molecule has 12 heavy (non-hydrogen) atoms. The molecule has 0 amide bonds. The third-order valence-electron chi connectivity index (χ3n) is 0.805. The number of aliphatic hydroxyl groups is 2. The Morgan fingerprint density at radius 1 is 0.917 bits per heavy atom. The second-order valence-electron chi connectivity index (χ2n) is 1.57. The zero-order valence-corrected chi connectivity index (χ0v) is 10.0. The van der Waals surface area contributed by atoms with Gasteiger partial charge in [-0.05, 0) is 0 Å². The van der Waals surface area contributed by atoms with Crippen molar-refractivity contribution in [2.75, 3.05) is 0 Å². The molecule has 0 fully saturated rings. The molecule has 0 aromatic heterocycles. The molecule has 2 atom stereocenters. The van der Waals surface area contributed by atoms with Crippen molar-refractivity contribution in [3.63, 3.8) is 0 Å². The van der Waals surface area contributed by atoms with Crippen LogP contribution in [0.25, 0.3) is 0 Å². The summed E-state index contributed by atoms with van der Waals surface area (Å²) in [5.41, 5.74) is 0. The Morgan fingerprint density at radius 3 is 1.17 bits per heavy atom. The Bertz CT molecular complexity index is 144. The van der Waals surface area contributed by atoms with Crippen LogP contribution >= 0.6 is 0 Å². The van der Waals surface area contributed by atoms with Gasteiger partial charge in [0.05, 0.1) is 0 Å². The SMILES string of the molecule is O=C(O)C(O)C(O)C(=O)O.[Cl-].[K+]. The molecule has 0 aliphatic carbocycles. The van der Waals surface area contributed by atoms with Crippen LogP contribution in [0.1, 0.15) is 0 Å². The van der Waals surface area contributed by atoms with Gasteiger partial charge in [-0.2, -0.15) is 0 Å². The minimum absolute atomic E-state index is 0. The average molecular weight is 225 g/mol. The van der Waals surface area contributed by atoms with Crippen LogP contribution in [0.3, 0.4) is 0 Å². The Labute approximate surface area is 116 Å². The molecule has 8 heteroatoms. The molecule has 0 spiro atoms. The number of carboxylic acid groups (broad SMARTS) is 2. The molecular formula is C4H6ClKO6. The minimum Gasteiger partial charge on any atom is -1.00 e. The maximum absolute atomic E-state index is 9.77. The van der Waals surface area contributed by atoms with Gasteiger partial charge in [0.2, 0.25) is 0 Å². The van der Waals surface area contributed by atoms with Crippen LogP contribution in [-0.2, 0) is 9.59 Å². The average Bonchev–Trinajstić information content (AvgIpc) is 1.84. The first-order valence-corrected chi connectivity index (χ1v) is 2.28. The standard InChI is InChI=1S/C4H6O6.ClH.K/c5-1(3(7)8)2(6)4(9)10;;/h1-2,5-6H,(H,7,8)(H,9,10);1H;/q;;+1/p-1. The van der Waals surface area contributed by atoms with Crippen LogP contribution in [0.15, 0.2) is 0 Å². The molecule has 0 saturated carbocycles. The smallest absolute Gasteiger partial charge is 1.00 e. The minimum atomic E-state index is -2.27. The summed E-state index contributed by atoms with van der Waals surface area (Å²) in [5.74, 6) is -3.54. The molecule has 0 radical (unpaired) electrons. The number of carboxylic acids is 2. The molecule has 0 bridgehead atoms. The van der Waals surface area contributed by atoms with E-state index in [1.165, 1.54) is 0 Å². The number of aliphatic carboxylic acids is 2. The number of halogens is 1. The fraction of sp³-hybridized carbons (Fsp3) is 0.500. The Hall–Kier alpha value is 0.786. The van der Waals surface area contributed by atoms with Crippen LogP contribution in [0.5, 0.6) is 0 Å². The van der Waals surface area contributed by atoms with Crippen LogP contribution in [0.2, 0.25) is 0 Å². The summed E-state index contributed by atoms with van der Waals surface area (Å²) in [7, 11) is 0. The van der Waals surface area contributed by atoms with Crippen molar-refractivity contribution < 1.29 is 93.8 Å². The first-order valence-electron chi connectivity index (χ1n) is 2.28. The molecule has 4 N–H and O–H groups in total. The molecule has 0 saturated heterocycles. The maximum atomic E-state index is 9.77. The largest absolute Gasteiger partial charge is 1.00 e. The third kappa shape index (κ3) is 6.32. The van der Waals surface area contributed by atoms with Gasteiger partial charge >= 0.3 is 63.3 Å². The molecule has 6 nitrogen and oxygen atoms in total. The van der Waals surface area contributed by atoms with Crippen LogP contribution in [0, 0.1) is 0 Å². The van der Waals surface area contributed by atoms with E-state index in [2.05, 4.69) is 0 Å². The zero-order chi connectivity index (χ0) is 8.31. The van der Waals surface area contributed by atoms with Crippen molar-refractivity contribution >= 4 is 11.9 Å². The quantitative estimate of drug-likeness (QED) is 0.354. The molecule has 0 aromatic rings. The molecule has 0 rings (SSSR count). The summed E-state index contributed by atoms with van der Waals surface area (Å²) < 4.78 is 0. The molecule has 2 unspecified atom stereocenters. The summed E-state index contributed by atoms with van der Waals surface area (Å²) in [4.78, 5) is 19.5. The van der Waals surface area contributed by atoms with Gasteiger partial charge in [-0.15, -0.1) is 0 Å². The molecule has 0 heterocycles. The monoisotopic (exact) mass is 224 g/mol. The van der Waals surface area contributed by atoms with Crippen molar-refractivity contribution in [2.45, 2.75) is 12.2 Å². The van der Waals surface area contributed by atoms with E-state index in [1.54, 1.807) is 0 Å². The summed E-state index contributed by atoms with van der Waals surface area (Å²) in [6.45, 7) is 0. The fourth-order valence-electron chi connectivity index (χ4n) is 0.270. The summed E-state index contributed by atoms with van der Waals surface area (Å²) >= 11 is 0. The van der Waals surface area contributed by atoms with E-state index < -0.39 is 24.1 Å². The van der Waals surface area contributed by atoms with Crippen molar-refractivity contribution in [3.05, 3.63) is 0 Å².